The molecule has 0 aromatic rings. The minimum absolute atomic E-state index is 0.0535. The topological polar surface area (TPSA) is 46.5 Å². The summed E-state index contributed by atoms with van der Waals surface area (Å²) >= 11 is 0. The van der Waals surface area contributed by atoms with Crippen LogP contribution in [-0.4, -0.2) is 30.2 Å². The largest absolute Gasteiger partial charge is 0.389 e. The molecule has 1 N–H and O–H groups in total. The molecule has 4 aliphatic rings. The van der Waals surface area contributed by atoms with Crippen molar-refractivity contribution in [3.05, 3.63) is 11.6 Å². The van der Waals surface area contributed by atoms with E-state index in [9.17, 15) is 9.90 Å². The summed E-state index contributed by atoms with van der Waals surface area (Å²) in [5.41, 5.74) is 1.54. The predicted octanol–water partition coefficient (Wildman–Crippen LogP) is 4.29. The number of aliphatic hydroxyl groups excluding tert-OH is 1. The number of hydrogen-bond donors (Lipinski definition) is 1. The summed E-state index contributed by atoms with van der Waals surface area (Å²) in [5.74, 6) is 2.41. The van der Waals surface area contributed by atoms with E-state index >= 15 is 0 Å². The highest BCUT2D eigenvalue weighted by atomic mass is 16.5. The maximum Gasteiger partial charge on any atom is 0.139 e. The van der Waals surface area contributed by atoms with Crippen LogP contribution in [0, 0.1) is 28.6 Å². The average molecular weight is 347 g/mol. The minimum atomic E-state index is -0.271. The van der Waals surface area contributed by atoms with Crippen molar-refractivity contribution < 1.29 is 14.6 Å². The van der Waals surface area contributed by atoms with Gasteiger partial charge in [0.2, 0.25) is 0 Å². The summed E-state index contributed by atoms with van der Waals surface area (Å²) in [5, 5.41) is 10.2. The van der Waals surface area contributed by atoms with Gasteiger partial charge in [0.1, 0.15) is 5.78 Å². The molecule has 0 radical (unpaired) electrons. The van der Waals surface area contributed by atoms with Gasteiger partial charge in [-0.2, -0.15) is 0 Å². The van der Waals surface area contributed by atoms with Gasteiger partial charge in [-0.25, -0.2) is 0 Å². The van der Waals surface area contributed by atoms with E-state index in [4.69, 9.17) is 4.74 Å². The van der Waals surface area contributed by atoms with Gasteiger partial charge in [0.15, 0.2) is 0 Å². The van der Waals surface area contributed by atoms with Crippen molar-refractivity contribution in [2.24, 2.45) is 28.6 Å². The molecule has 25 heavy (non-hydrogen) atoms. The molecule has 0 spiro atoms. The summed E-state index contributed by atoms with van der Waals surface area (Å²) < 4.78 is 6.13. The van der Waals surface area contributed by atoms with E-state index in [-0.39, 0.29) is 16.9 Å². The lowest BCUT2D eigenvalue weighted by molar-refractivity contribution is -0.134. The highest BCUT2D eigenvalue weighted by Gasteiger charge is 2.60. The van der Waals surface area contributed by atoms with Crippen LogP contribution in [0.4, 0.5) is 0 Å². The lowest BCUT2D eigenvalue weighted by atomic mass is 9.47. The molecule has 0 aromatic carbocycles. The smallest absolute Gasteiger partial charge is 0.139 e. The lowest BCUT2D eigenvalue weighted by Crippen LogP contribution is -2.53. The zero-order chi connectivity index (χ0) is 17.7. The molecule has 3 heteroatoms. The highest BCUT2D eigenvalue weighted by Crippen LogP contribution is 2.64. The molecule has 6 atom stereocenters. The number of hydrogen-bond acceptors (Lipinski definition) is 3. The Hall–Kier alpha value is -0.670. The van der Waals surface area contributed by atoms with Gasteiger partial charge in [-0.15, -0.1) is 0 Å². The molecule has 0 heterocycles. The van der Waals surface area contributed by atoms with Crippen LogP contribution >= 0.6 is 0 Å². The number of ether oxygens (including phenoxy) is 1. The van der Waals surface area contributed by atoms with Crippen molar-refractivity contribution >= 4 is 5.78 Å². The van der Waals surface area contributed by atoms with Gasteiger partial charge in [-0.05, 0) is 69.1 Å². The van der Waals surface area contributed by atoms with Gasteiger partial charge in [0, 0.05) is 23.9 Å². The summed E-state index contributed by atoms with van der Waals surface area (Å²) in [6.45, 7) is 6.06. The number of Topliss-reactive ketones (excluding diaryl/α,β-unsaturated/α-hetero) is 1. The van der Waals surface area contributed by atoms with Gasteiger partial charge in [0.05, 0.1) is 12.7 Å². The second-order valence-electron chi connectivity index (χ2n) is 9.34. The van der Waals surface area contributed by atoms with Crippen molar-refractivity contribution in [3.63, 3.8) is 0 Å². The number of aliphatic hydroxyl groups is 1. The van der Waals surface area contributed by atoms with Gasteiger partial charge in [-0.1, -0.05) is 25.5 Å². The zero-order valence-corrected chi connectivity index (χ0v) is 15.9. The van der Waals surface area contributed by atoms with E-state index in [2.05, 4.69) is 19.9 Å². The van der Waals surface area contributed by atoms with Crippen molar-refractivity contribution in [2.75, 3.05) is 13.2 Å². The number of carbonyl (C=O) groups is 1. The molecule has 0 bridgehead atoms. The first-order chi connectivity index (χ1) is 12.0. The van der Waals surface area contributed by atoms with Crippen molar-refractivity contribution in [2.45, 2.75) is 77.7 Å². The fourth-order valence-electron chi connectivity index (χ4n) is 6.94. The van der Waals surface area contributed by atoms with Gasteiger partial charge < -0.3 is 9.84 Å². The van der Waals surface area contributed by atoms with E-state index < -0.39 is 0 Å². The maximum absolute atomic E-state index is 12.6. The lowest BCUT2D eigenvalue weighted by Gasteiger charge is -2.58. The second kappa shape index (κ2) is 6.49. The molecule has 140 valence electrons. The van der Waals surface area contributed by atoms with Crippen LogP contribution in [-0.2, 0) is 9.53 Å². The fourth-order valence-corrected chi connectivity index (χ4v) is 6.94. The summed E-state index contributed by atoms with van der Waals surface area (Å²) in [6.07, 6.45) is 11.3. The Balaban J connectivity index is 1.66. The van der Waals surface area contributed by atoms with Crippen molar-refractivity contribution in [1.82, 2.24) is 0 Å². The Labute approximate surface area is 152 Å². The zero-order valence-electron chi connectivity index (χ0n) is 15.9. The van der Waals surface area contributed by atoms with E-state index in [1.807, 2.05) is 0 Å². The first kappa shape index (κ1) is 17.7. The summed E-state index contributed by atoms with van der Waals surface area (Å²) in [7, 11) is 0. The number of fused-ring (bicyclic) bond motifs is 5. The van der Waals surface area contributed by atoms with E-state index in [1.54, 1.807) is 0 Å². The molecular weight excluding hydrogens is 312 g/mol. The standard InChI is InChI=1S/C22H34O3/c1-3-12-25-14-22-11-8-16(23)13-15(22)4-5-17-18-6-7-20(24)21(18,2)10-9-19(17)22/h13,16-19,23H,3-12,14H2,1-2H3/t16?,17-,18-,19+,21-,22+/m0/s1. The Bertz CT molecular complexity index is 568. The molecular formula is C22H34O3. The molecule has 3 nitrogen and oxygen atoms in total. The van der Waals surface area contributed by atoms with Gasteiger partial charge >= 0.3 is 0 Å². The van der Waals surface area contributed by atoms with Crippen LogP contribution in [0.2, 0.25) is 0 Å². The molecule has 0 amide bonds. The number of ketones is 1. The highest BCUT2D eigenvalue weighted by molar-refractivity contribution is 5.87. The third-order valence-corrected chi connectivity index (χ3v) is 8.23. The molecule has 3 saturated carbocycles. The van der Waals surface area contributed by atoms with E-state index in [1.165, 1.54) is 12.0 Å². The molecule has 4 aliphatic carbocycles. The molecule has 1 unspecified atom stereocenters. The van der Waals surface area contributed by atoms with Crippen molar-refractivity contribution in [3.8, 4) is 0 Å². The third kappa shape index (κ3) is 2.65. The predicted molar refractivity (Wildman–Crippen MR) is 98.2 cm³/mol. The second-order valence-corrected chi connectivity index (χ2v) is 9.34. The quantitative estimate of drug-likeness (QED) is 0.610. The third-order valence-electron chi connectivity index (χ3n) is 8.23. The molecule has 0 saturated heterocycles. The molecule has 0 aromatic heterocycles. The van der Waals surface area contributed by atoms with Crippen LogP contribution < -0.4 is 0 Å². The number of rotatable bonds is 4. The first-order valence-electron chi connectivity index (χ1n) is 10.5. The first-order valence-corrected chi connectivity index (χ1v) is 10.5. The fraction of sp³-hybridized carbons (Fsp3) is 0.864. The van der Waals surface area contributed by atoms with Gasteiger partial charge in [0.25, 0.3) is 0 Å². The Morgan fingerprint density at radius 1 is 1.16 bits per heavy atom. The average Bonchev–Trinajstić information content (AvgIpc) is 2.91. The summed E-state index contributed by atoms with van der Waals surface area (Å²) in [6, 6.07) is 0. The SMILES string of the molecule is CCCOC[C@]12CCC(O)C=C1CC[C@@H]1[C@H]2CC[C@]2(C)C(=O)CC[C@@H]12. The number of carbonyl (C=O) groups excluding carboxylic acids is 1. The maximum atomic E-state index is 12.6. The van der Waals surface area contributed by atoms with Crippen LogP contribution in [0.15, 0.2) is 11.6 Å². The van der Waals surface area contributed by atoms with E-state index in [0.29, 0.717) is 23.5 Å². The van der Waals surface area contributed by atoms with Gasteiger partial charge in [-0.3, -0.25) is 4.79 Å². The minimum Gasteiger partial charge on any atom is -0.389 e. The van der Waals surface area contributed by atoms with Crippen LogP contribution in [0.25, 0.3) is 0 Å². The van der Waals surface area contributed by atoms with Crippen LogP contribution in [0.5, 0.6) is 0 Å². The van der Waals surface area contributed by atoms with Crippen molar-refractivity contribution in [1.29, 1.82) is 0 Å². The van der Waals surface area contributed by atoms with Crippen LogP contribution in [0.3, 0.4) is 0 Å². The Morgan fingerprint density at radius 3 is 2.80 bits per heavy atom. The molecule has 3 fully saturated rings. The molecule has 4 rings (SSSR count). The Kier molecular flexibility index (Phi) is 4.60. The Morgan fingerprint density at radius 2 is 2.00 bits per heavy atom. The summed E-state index contributed by atoms with van der Waals surface area (Å²) in [4.78, 5) is 12.6. The van der Waals surface area contributed by atoms with Crippen LogP contribution in [0.1, 0.15) is 71.6 Å². The normalized spacial score (nSPS) is 46.2. The molecule has 0 aliphatic heterocycles. The monoisotopic (exact) mass is 346 g/mol. The van der Waals surface area contributed by atoms with E-state index in [0.717, 1.165) is 64.6 Å².